The van der Waals surface area contributed by atoms with E-state index in [0.29, 0.717) is 6.54 Å². The number of hydrogen-bond donors (Lipinski definition) is 1. The highest BCUT2D eigenvalue weighted by Gasteiger charge is 2.02. The largest absolute Gasteiger partial charge is 0.326 e. The van der Waals surface area contributed by atoms with Gasteiger partial charge < -0.3 is 10.5 Å². The first-order valence-electron chi connectivity index (χ1n) is 4.02. The van der Waals surface area contributed by atoms with Gasteiger partial charge in [-0.1, -0.05) is 31.2 Å². The number of benzene rings is 1. The maximum atomic E-state index is 10.5. The van der Waals surface area contributed by atoms with Crippen LogP contribution in [0.25, 0.3) is 0 Å². The van der Waals surface area contributed by atoms with Crippen LogP contribution in [0.5, 0.6) is 0 Å². The third-order valence-corrected chi connectivity index (χ3v) is 1.92. The van der Waals surface area contributed by atoms with Crippen molar-refractivity contribution >= 4 is 6.29 Å². The lowest BCUT2D eigenvalue weighted by Crippen LogP contribution is -1.99. The van der Waals surface area contributed by atoms with E-state index in [1.54, 1.807) is 0 Å². The molecule has 0 saturated carbocycles. The standard InChI is InChI=1S/C10H13NO/c1-8(7-12)10-4-2-3-9(5-10)6-11/h2-5,7-8H,6,11H2,1H3. The Balaban J connectivity index is 2.93. The van der Waals surface area contributed by atoms with Crippen LogP contribution in [0.3, 0.4) is 0 Å². The highest BCUT2D eigenvalue weighted by Crippen LogP contribution is 2.13. The number of rotatable bonds is 3. The Morgan fingerprint density at radius 3 is 2.92 bits per heavy atom. The van der Waals surface area contributed by atoms with E-state index in [2.05, 4.69) is 0 Å². The second kappa shape index (κ2) is 4.02. The summed E-state index contributed by atoms with van der Waals surface area (Å²) in [7, 11) is 0. The number of nitrogens with two attached hydrogens (primary N) is 1. The van der Waals surface area contributed by atoms with Crippen molar-refractivity contribution in [3.8, 4) is 0 Å². The van der Waals surface area contributed by atoms with Gasteiger partial charge in [-0.3, -0.25) is 0 Å². The van der Waals surface area contributed by atoms with Crippen molar-refractivity contribution in [2.24, 2.45) is 5.73 Å². The first kappa shape index (κ1) is 8.94. The van der Waals surface area contributed by atoms with E-state index in [0.717, 1.165) is 17.4 Å². The molecule has 0 aliphatic carbocycles. The van der Waals surface area contributed by atoms with Gasteiger partial charge in [0.2, 0.25) is 0 Å². The van der Waals surface area contributed by atoms with Crippen LogP contribution in [-0.2, 0) is 11.3 Å². The molecule has 0 bridgehead atoms. The average molecular weight is 163 g/mol. The average Bonchev–Trinajstić information content (AvgIpc) is 2.17. The SMILES string of the molecule is CC(C=O)c1cccc(CN)c1. The number of aldehydes is 1. The van der Waals surface area contributed by atoms with Gasteiger partial charge in [-0.25, -0.2) is 0 Å². The van der Waals surface area contributed by atoms with Crippen molar-refractivity contribution in [2.45, 2.75) is 19.4 Å². The molecule has 0 saturated heterocycles. The second-order valence-electron chi connectivity index (χ2n) is 2.87. The molecule has 64 valence electrons. The Bertz CT molecular complexity index is 270. The fourth-order valence-corrected chi connectivity index (χ4v) is 1.08. The minimum atomic E-state index is -0.0310. The highest BCUT2D eigenvalue weighted by molar-refractivity contribution is 5.61. The lowest BCUT2D eigenvalue weighted by molar-refractivity contribution is -0.108. The minimum absolute atomic E-state index is 0.0310. The van der Waals surface area contributed by atoms with E-state index >= 15 is 0 Å². The summed E-state index contributed by atoms with van der Waals surface area (Å²) >= 11 is 0. The van der Waals surface area contributed by atoms with Crippen molar-refractivity contribution in [3.05, 3.63) is 35.4 Å². The van der Waals surface area contributed by atoms with Gasteiger partial charge in [0.15, 0.2) is 0 Å². The summed E-state index contributed by atoms with van der Waals surface area (Å²) in [4.78, 5) is 10.5. The minimum Gasteiger partial charge on any atom is -0.326 e. The fraction of sp³-hybridized carbons (Fsp3) is 0.300. The Kier molecular flexibility index (Phi) is 3.00. The summed E-state index contributed by atoms with van der Waals surface area (Å²) in [6.45, 7) is 2.40. The molecule has 0 amide bonds. The van der Waals surface area contributed by atoms with Gasteiger partial charge in [-0.15, -0.1) is 0 Å². The molecule has 0 radical (unpaired) electrons. The zero-order valence-electron chi connectivity index (χ0n) is 7.16. The molecule has 1 unspecified atom stereocenters. The van der Waals surface area contributed by atoms with E-state index < -0.39 is 0 Å². The Labute approximate surface area is 72.4 Å². The van der Waals surface area contributed by atoms with Gasteiger partial charge >= 0.3 is 0 Å². The van der Waals surface area contributed by atoms with Gasteiger partial charge in [-0.05, 0) is 11.1 Å². The number of carbonyl (C=O) groups excluding carboxylic acids is 1. The van der Waals surface area contributed by atoms with Crippen LogP contribution in [0.15, 0.2) is 24.3 Å². The Hall–Kier alpha value is -1.15. The van der Waals surface area contributed by atoms with E-state index in [-0.39, 0.29) is 5.92 Å². The van der Waals surface area contributed by atoms with Crippen molar-refractivity contribution in [1.29, 1.82) is 0 Å². The van der Waals surface area contributed by atoms with Gasteiger partial charge in [0.05, 0.1) is 0 Å². The third kappa shape index (κ3) is 1.92. The summed E-state index contributed by atoms with van der Waals surface area (Å²) in [6, 6.07) is 7.80. The maximum absolute atomic E-state index is 10.5. The van der Waals surface area contributed by atoms with Gasteiger partial charge in [0.25, 0.3) is 0 Å². The summed E-state index contributed by atoms with van der Waals surface area (Å²) in [6.07, 6.45) is 0.940. The Morgan fingerprint density at radius 2 is 2.33 bits per heavy atom. The van der Waals surface area contributed by atoms with Crippen molar-refractivity contribution in [1.82, 2.24) is 0 Å². The Morgan fingerprint density at radius 1 is 1.58 bits per heavy atom. The molecular formula is C10H13NO. The molecule has 1 aromatic carbocycles. The van der Waals surface area contributed by atoms with Gasteiger partial charge in [0, 0.05) is 12.5 Å². The molecule has 0 spiro atoms. The van der Waals surface area contributed by atoms with E-state index in [9.17, 15) is 4.79 Å². The maximum Gasteiger partial charge on any atom is 0.127 e. The molecule has 0 aliphatic heterocycles. The molecule has 0 aliphatic rings. The van der Waals surface area contributed by atoms with Gasteiger partial charge in [-0.2, -0.15) is 0 Å². The molecule has 2 nitrogen and oxygen atoms in total. The van der Waals surface area contributed by atoms with Crippen LogP contribution in [0.4, 0.5) is 0 Å². The fourth-order valence-electron chi connectivity index (χ4n) is 1.08. The zero-order valence-corrected chi connectivity index (χ0v) is 7.16. The van der Waals surface area contributed by atoms with Crippen LogP contribution in [0.2, 0.25) is 0 Å². The smallest absolute Gasteiger partial charge is 0.127 e. The third-order valence-electron chi connectivity index (χ3n) is 1.92. The predicted molar refractivity (Wildman–Crippen MR) is 48.8 cm³/mol. The van der Waals surface area contributed by atoms with Crippen molar-refractivity contribution in [2.75, 3.05) is 0 Å². The molecule has 1 aromatic rings. The summed E-state index contributed by atoms with van der Waals surface area (Å²) in [5.74, 6) is -0.0310. The van der Waals surface area contributed by atoms with E-state index in [1.165, 1.54) is 0 Å². The summed E-state index contributed by atoms with van der Waals surface area (Å²) < 4.78 is 0. The monoisotopic (exact) mass is 163 g/mol. The molecule has 2 heteroatoms. The first-order valence-corrected chi connectivity index (χ1v) is 4.02. The lowest BCUT2D eigenvalue weighted by atomic mass is 10.0. The quantitative estimate of drug-likeness (QED) is 0.685. The van der Waals surface area contributed by atoms with E-state index in [4.69, 9.17) is 5.73 Å². The second-order valence-corrected chi connectivity index (χ2v) is 2.87. The molecule has 12 heavy (non-hydrogen) atoms. The molecule has 0 aromatic heterocycles. The zero-order chi connectivity index (χ0) is 8.97. The van der Waals surface area contributed by atoms with Crippen LogP contribution < -0.4 is 5.73 Å². The molecule has 0 fully saturated rings. The predicted octanol–water partition coefficient (Wildman–Crippen LogP) is 1.45. The van der Waals surface area contributed by atoms with Crippen molar-refractivity contribution < 1.29 is 4.79 Å². The molecular weight excluding hydrogens is 150 g/mol. The van der Waals surface area contributed by atoms with Crippen LogP contribution in [-0.4, -0.2) is 6.29 Å². The van der Waals surface area contributed by atoms with Crippen LogP contribution in [0.1, 0.15) is 24.0 Å². The highest BCUT2D eigenvalue weighted by atomic mass is 16.1. The van der Waals surface area contributed by atoms with E-state index in [1.807, 2.05) is 31.2 Å². The van der Waals surface area contributed by atoms with Crippen LogP contribution >= 0.6 is 0 Å². The molecule has 2 N–H and O–H groups in total. The lowest BCUT2D eigenvalue weighted by Gasteiger charge is -2.05. The van der Waals surface area contributed by atoms with Crippen molar-refractivity contribution in [3.63, 3.8) is 0 Å². The van der Waals surface area contributed by atoms with Crippen LogP contribution in [0, 0.1) is 0 Å². The topological polar surface area (TPSA) is 43.1 Å². The number of carbonyl (C=O) groups is 1. The molecule has 1 atom stereocenters. The molecule has 1 rings (SSSR count). The normalized spacial score (nSPS) is 12.5. The molecule has 0 heterocycles. The number of hydrogen-bond acceptors (Lipinski definition) is 2. The summed E-state index contributed by atoms with van der Waals surface area (Å²) in [5.41, 5.74) is 7.58. The summed E-state index contributed by atoms with van der Waals surface area (Å²) in [5, 5.41) is 0. The first-order chi connectivity index (χ1) is 5.77. The van der Waals surface area contributed by atoms with Gasteiger partial charge in [0.1, 0.15) is 6.29 Å².